The van der Waals surface area contributed by atoms with Gasteiger partial charge in [-0.2, -0.15) is 4.80 Å². The summed E-state index contributed by atoms with van der Waals surface area (Å²) in [6.07, 6.45) is 2.69. The van der Waals surface area contributed by atoms with Crippen molar-refractivity contribution in [3.05, 3.63) is 34.4 Å². The summed E-state index contributed by atoms with van der Waals surface area (Å²) < 4.78 is 6.29. The molecule has 0 radical (unpaired) electrons. The molecule has 150 valence electrons. The largest absolute Gasteiger partial charge is 0.461 e. The lowest BCUT2D eigenvalue weighted by atomic mass is 10.3. The molecule has 0 atom stereocenters. The fourth-order valence-corrected chi connectivity index (χ4v) is 2.51. The number of hydrogen-bond donors (Lipinski definition) is 1. The van der Waals surface area contributed by atoms with Crippen molar-refractivity contribution in [2.45, 2.75) is 32.7 Å². The van der Waals surface area contributed by atoms with E-state index in [9.17, 15) is 4.79 Å². The Labute approximate surface area is 175 Å². The fourth-order valence-electron chi connectivity index (χ4n) is 2.25. The number of anilines is 2. The van der Waals surface area contributed by atoms with Crippen LogP contribution in [0.5, 0.6) is 0 Å². The van der Waals surface area contributed by atoms with Gasteiger partial charge in [-0.15, -0.1) is 22.6 Å². The topological polar surface area (TPSA) is 72.3 Å². The van der Waals surface area contributed by atoms with E-state index < -0.39 is 5.97 Å². The third kappa shape index (κ3) is 7.86. The molecule has 2 aromatic rings. The first-order chi connectivity index (χ1) is 12.5. The molecule has 0 aliphatic carbocycles. The molecule has 0 bridgehead atoms. The van der Waals surface area contributed by atoms with Crippen molar-refractivity contribution in [2.75, 3.05) is 32.6 Å². The standard InChI is InChI=1S/C18H26BrN5O2.ClH/c1-4-5-13-26-18(25)16-17(20-15-9-7-14(19)8-10-15)22-24(21-16)12-6-11-23(2)3;/h7-10H,4-6,11-13H2,1-3H3,(H,20,22);1H. The van der Waals surface area contributed by atoms with Crippen LogP contribution in [0.3, 0.4) is 0 Å². The van der Waals surface area contributed by atoms with Crippen LogP contribution in [0.15, 0.2) is 28.7 Å². The third-order valence-corrected chi connectivity index (χ3v) is 4.18. The fraction of sp³-hybridized carbons (Fsp3) is 0.500. The van der Waals surface area contributed by atoms with Crippen molar-refractivity contribution in [3.8, 4) is 0 Å². The second-order valence-corrected chi connectivity index (χ2v) is 7.19. The summed E-state index contributed by atoms with van der Waals surface area (Å²) in [5.41, 5.74) is 1.05. The van der Waals surface area contributed by atoms with Crippen LogP contribution in [-0.2, 0) is 11.3 Å². The highest BCUT2D eigenvalue weighted by Crippen LogP contribution is 2.20. The van der Waals surface area contributed by atoms with Crippen LogP contribution in [0.1, 0.15) is 36.7 Å². The summed E-state index contributed by atoms with van der Waals surface area (Å²) in [6.45, 7) is 4.00. The predicted octanol–water partition coefficient (Wildman–Crippen LogP) is 4.11. The number of hydrogen-bond acceptors (Lipinski definition) is 6. The molecule has 0 fully saturated rings. The Morgan fingerprint density at radius 1 is 1.22 bits per heavy atom. The molecule has 7 nitrogen and oxygen atoms in total. The summed E-state index contributed by atoms with van der Waals surface area (Å²) >= 11 is 3.41. The Kier molecular flexibility index (Phi) is 10.4. The molecule has 0 unspecified atom stereocenters. The molecule has 1 aromatic carbocycles. The van der Waals surface area contributed by atoms with Gasteiger partial charge in [0.1, 0.15) is 0 Å². The molecule has 2 rings (SSSR count). The molecule has 0 aliphatic rings. The molecule has 27 heavy (non-hydrogen) atoms. The lowest BCUT2D eigenvalue weighted by Crippen LogP contribution is -2.16. The minimum Gasteiger partial charge on any atom is -0.461 e. The van der Waals surface area contributed by atoms with Crippen molar-refractivity contribution < 1.29 is 9.53 Å². The molecule has 1 N–H and O–H groups in total. The monoisotopic (exact) mass is 459 g/mol. The van der Waals surface area contributed by atoms with E-state index in [0.717, 1.165) is 36.0 Å². The zero-order chi connectivity index (χ0) is 18.9. The summed E-state index contributed by atoms with van der Waals surface area (Å²) in [7, 11) is 4.04. The lowest BCUT2D eigenvalue weighted by Gasteiger charge is -2.07. The number of nitrogens with zero attached hydrogens (tertiary/aromatic N) is 4. The van der Waals surface area contributed by atoms with E-state index in [2.05, 4.69) is 43.3 Å². The Morgan fingerprint density at radius 2 is 1.93 bits per heavy atom. The molecular formula is C18H27BrClN5O2. The highest BCUT2D eigenvalue weighted by atomic mass is 79.9. The van der Waals surface area contributed by atoms with Crippen LogP contribution >= 0.6 is 28.3 Å². The lowest BCUT2D eigenvalue weighted by molar-refractivity contribution is 0.0493. The average molecular weight is 461 g/mol. The molecule has 1 heterocycles. The number of ether oxygens (including phenoxy) is 1. The minimum atomic E-state index is -0.447. The van der Waals surface area contributed by atoms with E-state index in [1.807, 2.05) is 38.4 Å². The number of benzene rings is 1. The van der Waals surface area contributed by atoms with Crippen LogP contribution in [0.4, 0.5) is 11.5 Å². The van der Waals surface area contributed by atoms with E-state index in [-0.39, 0.29) is 18.1 Å². The van der Waals surface area contributed by atoms with Gasteiger partial charge in [-0.25, -0.2) is 4.79 Å². The minimum absolute atomic E-state index is 0. The Bertz CT molecular complexity index is 706. The summed E-state index contributed by atoms with van der Waals surface area (Å²) in [4.78, 5) is 16.0. The van der Waals surface area contributed by atoms with Gasteiger partial charge in [0.25, 0.3) is 0 Å². The van der Waals surface area contributed by atoms with E-state index in [4.69, 9.17) is 4.74 Å². The Balaban J connectivity index is 0.00000364. The maximum atomic E-state index is 12.4. The van der Waals surface area contributed by atoms with Crippen LogP contribution in [0, 0.1) is 0 Å². The van der Waals surface area contributed by atoms with Crippen molar-refractivity contribution in [2.24, 2.45) is 0 Å². The number of unbranched alkanes of at least 4 members (excludes halogenated alkanes) is 1. The van der Waals surface area contributed by atoms with Gasteiger partial charge in [-0.05, 0) is 57.7 Å². The van der Waals surface area contributed by atoms with Gasteiger partial charge >= 0.3 is 5.97 Å². The van der Waals surface area contributed by atoms with Gasteiger partial charge in [0.15, 0.2) is 5.82 Å². The number of aromatic nitrogens is 3. The van der Waals surface area contributed by atoms with Crippen molar-refractivity contribution >= 4 is 45.8 Å². The molecule has 0 amide bonds. The number of esters is 1. The highest BCUT2D eigenvalue weighted by molar-refractivity contribution is 9.10. The maximum Gasteiger partial charge on any atom is 0.362 e. The second-order valence-electron chi connectivity index (χ2n) is 6.27. The molecule has 0 aliphatic heterocycles. The van der Waals surface area contributed by atoms with E-state index in [1.54, 1.807) is 4.80 Å². The number of rotatable bonds is 10. The Morgan fingerprint density at radius 3 is 2.56 bits per heavy atom. The molecule has 0 saturated heterocycles. The SMILES string of the molecule is CCCCOC(=O)c1nn(CCCN(C)C)nc1Nc1ccc(Br)cc1.Cl. The van der Waals surface area contributed by atoms with Crippen molar-refractivity contribution in [1.29, 1.82) is 0 Å². The maximum absolute atomic E-state index is 12.4. The van der Waals surface area contributed by atoms with Gasteiger partial charge in [0.2, 0.25) is 5.69 Å². The van der Waals surface area contributed by atoms with E-state index in [0.29, 0.717) is 19.0 Å². The first-order valence-corrected chi connectivity index (χ1v) is 9.58. The second kappa shape index (κ2) is 11.9. The zero-order valence-electron chi connectivity index (χ0n) is 15.9. The van der Waals surface area contributed by atoms with Crippen LogP contribution in [-0.4, -0.2) is 53.1 Å². The number of halogens is 2. The van der Waals surface area contributed by atoms with Gasteiger partial charge in [0.05, 0.1) is 13.2 Å². The molecule has 0 spiro atoms. The molecule has 1 aromatic heterocycles. The van der Waals surface area contributed by atoms with Crippen LogP contribution < -0.4 is 5.32 Å². The smallest absolute Gasteiger partial charge is 0.362 e. The van der Waals surface area contributed by atoms with Crippen LogP contribution in [0.25, 0.3) is 0 Å². The molecule has 0 saturated carbocycles. The van der Waals surface area contributed by atoms with Gasteiger partial charge < -0.3 is 15.0 Å². The summed E-state index contributed by atoms with van der Waals surface area (Å²) in [5, 5.41) is 11.9. The highest BCUT2D eigenvalue weighted by Gasteiger charge is 2.20. The van der Waals surface area contributed by atoms with Crippen molar-refractivity contribution in [1.82, 2.24) is 19.9 Å². The number of aryl methyl sites for hydroxylation is 1. The first-order valence-electron chi connectivity index (χ1n) is 8.79. The van der Waals surface area contributed by atoms with Crippen molar-refractivity contribution in [3.63, 3.8) is 0 Å². The molecular weight excluding hydrogens is 434 g/mol. The summed E-state index contributed by atoms with van der Waals surface area (Å²) in [5.74, 6) is -0.0319. The first kappa shape index (κ1) is 23.4. The average Bonchev–Trinajstić information content (AvgIpc) is 2.99. The normalized spacial score (nSPS) is 10.6. The number of carbonyl (C=O) groups is 1. The number of nitrogens with one attached hydrogen (secondary N) is 1. The van der Waals surface area contributed by atoms with E-state index >= 15 is 0 Å². The predicted molar refractivity (Wildman–Crippen MR) is 113 cm³/mol. The third-order valence-electron chi connectivity index (χ3n) is 3.65. The zero-order valence-corrected chi connectivity index (χ0v) is 18.3. The quantitative estimate of drug-likeness (QED) is 0.425. The molecule has 9 heteroatoms. The van der Waals surface area contributed by atoms with Gasteiger partial charge in [0, 0.05) is 10.2 Å². The Hall–Kier alpha value is -1.64. The number of carbonyl (C=O) groups excluding carboxylic acids is 1. The van der Waals surface area contributed by atoms with E-state index in [1.165, 1.54) is 0 Å². The van der Waals surface area contributed by atoms with Crippen LogP contribution in [0.2, 0.25) is 0 Å². The van der Waals surface area contributed by atoms with Gasteiger partial charge in [-0.3, -0.25) is 0 Å². The summed E-state index contributed by atoms with van der Waals surface area (Å²) in [6, 6.07) is 7.65. The van der Waals surface area contributed by atoms with Gasteiger partial charge in [-0.1, -0.05) is 29.3 Å².